The Kier molecular flexibility index (Phi) is 6.35. The molecule has 0 bridgehead atoms. The van der Waals surface area contributed by atoms with E-state index in [1.54, 1.807) is 13.8 Å². The molecule has 0 aromatic carbocycles. The van der Waals surface area contributed by atoms with Crippen molar-refractivity contribution in [3.05, 3.63) is 0 Å². The Bertz CT molecular complexity index is 322. The van der Waals surface area contributed by atoms with Crippen molar-refractivity contribution in [3.8, 4) is 0 Å². The molecule has 20 heavy (non-hydrogen) atoms. The van der Waals surface area contributed by atoms with E-state index in [4.69, 9.17) is 4.74 Å². The molecule has 1 aliphatic rings. The first-order chi connectivity index (χ1) is 9.40. The van der Waals surface area contributed by atoms with Gasteiger partial charge in [0.2, 0.25) is 0 Å². The molecule has 0 saturated heterocycles. The zero-order valence-corrected chi connectivity index (χ0v) is 11.7. The van der Waals surface area contributed by atoms with Crippen LogP contribution in [0.25, 0.3) is 0 Å². The number of hydrogen-bond donors (Lipinski definition) is 5. The highest BCUT2D eigenvalue weighted by molar-refractivity contribution is 5.74. The van der Waals surface area contributed by atoms with Gasteiger partial charge in [-0.1, -0.05) is 6.92 Å². The van der Waals surface area contributed by atoms with Crippen LogP contribution < -0.4 is 0 Å². The lowest BCUT2D eigenvalue weighted by atomic mass is 9.64. The quantitative estimate of drug-likeness (QED) is 0.375. The number of esters is 1. The van der Waals surface area contributed by atoms with Gasteiger partial charge < -0.3 is 30.3 Å². The van der Waals surface area contributed by atoms with Crippen molar-refractivity contribution in [2.75, 3.05) is 19.8 Å². The first-order valence-electron chi connectivity index (χ1n) is 6.83. The van der Waals surface area contributed by atoms with Crippen LogP contribution in [0.2, 0.25) is 0 Å². The monoisotopic (exact) mass is 292 g/mol. The van der Waals surface area contributed by atoms with Gasteiger partial charge in [0, 0.05) is 31.0 Å². The van der Waals surface area contributed by atoms with E-state index in [1.807, 2.05) is 0 Å². The van der Waals surface area contributed by atoms with Crippen molar-refractivity contribution >= 4 is 5.97 Å². The van der Waals surface area contributed by atoms with E-state index in [0.29, 0.717) is 0 Å². The van der Waals surface area contributed by atoms with Crippen LogP contribution in [0.15, 0.2) is 0 Å². The molecule has 7 unspecified atom stereocenters. The molecule has 118 valence electrons. The van der Waals surface area contributed by atoms with Crippen molar-refractivity contribution in [1.82, 2.24) is 0 Å². The third kappa shape index (κ3) is 3.12. The minimum Gasteiger partial charge on any atom is -0.464 e. The standard InChI is InChI=1S/C13H24O7/c1-3-20-13(19)12(18)9-6(2)10(16)7(4-14)8(5-15)11(9)17/h6-12,14-18H,3-5H2,1-2H3. The highest BCUT2D eigenvalue weighted by Crippen LogP contribution is 2.40. The Morgan fingerprint density at radius 3 is 2.10 bits per heavy atom. The molecule has 0 radical (unpaired) electrons. The predicted octanol–water partition coefficient (Wildman–Crippen LogP) is -1.88. The van der Waals surface area contributed by atoms with Crippen LogP contribution in [-0.2, 0) is 9.53 Å². The van der Waals surface area contributed by atoms with E-state index in [1.165, 1.54) is 0 Å². The van der Waals surface area contributed by atoms with Gasteiger partial charge in [-0.3, -0.25) is 0 Å². The van der Waals surface area contributed by atoms with Crippen LogP contribution in [0.3, 0.4) is 0 Å². The van der Waals surface area contributed by atoms with E-state index in [-0.39, 0.29) is 6.61 Å². The van der Waals surface area contributed by atoms with Crippen molar-refractivity contribution in [3.63, 3.8) is 0 Å². The summed E-state index contributed by atoms with van der Waals surface area (Å²) in [6.07, 6.45) is -3.83. The summed E-state index contributed by atoms with van der Waals surface area (Å²) in [6, 6.07) is 0. The molecule has 1 saturated carbocycles. The summed E-state index contributed by atoms with van der Waals surface area (Å²) in [5, 5.41) is 49.0. The second-order valence-electron chi connectivity index (χ2n) is 5.31. The Balaban J connectivity index is 2.97. The Morgan fingerprint density at radius 1 is 1.15 bits per heavy atom. The SMILES string of the molecule is CCOC(=O)C(O)C1C(C)C(O)C(CO)C(CO)C1O. The predicted molar refractivity (Wildman–Crippen MR) is 68.5 cm³/mol. The summed E-state index contributed by atoms with van der Waals surface area (Å²) in [5.74, 6) is -3.95. The van der Waals surface area contributed by atoms with Crippen molar-refractivity contribution in [2.24, 2.45) is 23.7 Å². The zero-order chi connectivity index (χ0) is 15.4. The summed E-state index contributed by atoms with van der Waals surface area (Å²) < 4.78 is 4.72. The molecule has 1 fully saturated rings. The average molecular weight is 292 g/mol. The maximum atomic E-state index is 11.6. The first-order valence-corrected chi connectivity index (χ1v) is 6.83. The average Bonchev–Trinajstić information content (AvgIpc) is 2.42. The molecular formula is C13H24O7. The molecule has 0 spiro atoms. The van der Waals surface area contributed by atoms with Crippen molar-refractivity contribution < 1.29 is 35.1 Å². The van der Waals surface area contributed by atoms with Crippen LogP contribution in [0.1, 0.15) is 13.8 Å². The van der Waals surface area contributed by atoms with E-state index in [9.17, 15) is 30.3 Å². The van der Waals surface area contributed by atoms with Crippen LogP contribution in [0.4, 0.5) is 0 Å². The molecule has 7 nitrogen and oxygen atoms in total. The number of hydrogen-bond acceptors (Lipinski definition) is 7. The maximum Gasteiger partial charge on any atom is 0.335 e. The molecule has 0 aliphatic heterocycles. The van der Waals surface area contributed by atoms with Gasteiger partial charge in [-0.2, -0.15) is 0 Å². The smallest absolute Gasteiger partial charge is 0.335 e. The summed E-state index contributed by atoms with van der Waals surface area (Å²) >= 11 is 0. The molecule has 1 rings (SSSR count). The Morgan fingerprint density at radius 2 is 1.65 bits per heavy atom. The fraction of sp³-hybridized carbons (Fsp3) is 0.923. The van der Waals surface area contributed by atoms with Crippen molar-refractivity contribution in [2.45, 2.75) is 32.2 Å². The minimum absolute atomic E-state index is 0.0956. The van der Waals surface area contributed by atoms with E-state index < -0.39 is 61.2 Å². The number of rotatable bonds is 5. The normalized spacial score (nSPS) is 39.4. The second-order valence-corrected chi connectivity index (χ2v) is 5.31. The van der Waals surface area contributed by atoms with E-state index in [2.05, 4.69) is 0 Å². The number of aliphatic hydroxyl groups excluding tert-OH is 5. The van der Waals surface area contributed by atoms with E-state index in [0.717, 1.165) is 0 Å². The molecule has 0 amide bonds. The summed E-state index contributed by atoms with van der Waals surface area (Å²) in [6.45, 7) is 2.42. The highest BCUT2D eigenvalue weighted by Gasteiger charge is 2.51. The molecule has 1 aliphatic carbocycles. The van der Waals surface area contributed by atoms with Gasteiger partial charge in [0.25, 0.3) is 0 Å². The molecule has 0 aromatic heterocycles. The molecular weight excluding hydrogens is 268 g/mol. The van der Waals surface area contributed by atoms with Gasteiger partial charge >= 0.3 is 5.97 Å². The van der Waals surface area contributed by atoms with Gasteiger partial charge in [0.1, 0.15) is 0 Å². The Labute approximate surface area is 117 Å². The third-order valence-corrected chi connectivity index (χ3v) is 4.28. The third-order valence-electron chi connectivity index (χ3n) is 4.28. The lowest BCUT2D eigenvalue weighted by Gasteiger charge is -2.47. The topological polar surface area (TPSA) is 127 Å². The summed E-state index contributed by atoms with van der Waals surface area (Å²) in [7, 11) is 0. The summed E-state index contributed by atoms with van der Waals surface area (Å²) in [5.41, 5.74) is 0. The number of carbonyl (C=O) groups is 1. The zero-order valence-electron chi connectivity index (χ0n) is 11.7. The van der Waals surface area contributed by atoms with Gasteiger partial charge in [-0.05, 0) is 12.8 Å². The number of ether oxygens (including phenoxy) is 1. The second kappa shape index (κ2) is 7.33. The molecule has 7 atom stereocenters. The molecule has 5 N–H and O–H groups in total. The fourth-order valence-corrected chi connectivity index (χ4v) is 3.07. The van der Waals surface area contributed by atoms with Gasteiger partial charge in [-0.25, -0.2) is 4.79 Å². The maximum absolute atomic E-state index is 11.6. The van der Waals surface area contributed by atoms with Crippen LogP contribution in [-0.4, -0.2) is 69.6 Å². The van der Waals surface area contributed by atoms with Gasteiger partial charge in [0.15, 0.2) is 6.10 Å². The molecule has 7 heteroatoms. The number of aliphatic hydroxyl groups is 5. The van der Waals surface area contributed by atoms with Crippen molar-refractivity contribution in [1.29, 1.82) is 0 Å². The number of carbonyl (C=O) groups excluding carboxylic acids is 1. The molecule has 0 heterocycles. The van der Waals surface area contributed by atoms with Crippen LogP contribution in [0, 0.1) is 23.7 Å². The summed E-state index contributed by atoms with van der Waals surface area (Å²) in [4.78, 5) is 11.6. The van der Waals surface area contributed by atoms with Gasteiger partial charge in [0.05, 0.1) is 18.8 Å². The Hall–Kier alpha value is -0.730. The fourth-order valence-electron chi connectivity index (χ4n) is 3.07. The molecule has 0 aromatic rings. The van der Waals surface area contributed by atoms with Crippen LogP contribution in [0.5, 0.6) is 0 Å². The highest BCUT2D eigenvalue weighted by atomic mass is 16.5. The lowest BCUT2D eigenvalue weighted by molar-refractivity contribution is -0.184. The largest absolute Gasteiger partial charge is 0.464 e. The van der Waals surface area contributed by atoms with E-state index >= 15 is 0 Å². The minimum atomic E-state index is -1.58. The first kappa shape index (κ1) is 17.3. The van der Waals surface area contributed by atoms with Gasteiger partial charge in [-0.15, -0.1) is 0 Å². The van der Waals surface area contributed by atoms with Crippen LogP contribution >= 0.6 is 0 Å². The lowest BCUT2D eigenvalue weighted by Crippen LogP contribution is -2.58.